The van der Waals surface area contributed by atoms with E-state index in [1.165, 1.54) is 5.57 Å². The van der Waals surface area contributed by atoms with E-state index >= 15 is 0 Å². The summed E-state index contributed by atoms with van der Waals surface area (Å²) in [7, 11) is 0. The second-order valence-electron chi connectivity index (χ2n) is 4.03. The Labute approximate surface area is 87.0 Å². The van der Waals surface area contributed by atoms with Crippen molar-refractivity contribution in [1.29, 1.82) is 0 Å². The smallest absolute Gasteiger partial charge is 0.303 e. The maximum atomic E-state index is 10.3. The molecule has 0 radical (unpaired) electrons. The minimum atomic E-state index is -0.685. The van der Waals surface area contributed by atoms with Gasteiger partial charge in [-0.25, -0.2) is 0 Å². The third-order valence-corrected chi connectivity index (χ3v) is 2.58. The summed E-state index contributed by atoms with van der Waals surface area (Å²) in [6.45, 7) is 8.19. The van der Waals surface area contributed by atoms with Crippen molar-refractivity contribution in [2.24, 2.45) is 5.92 Å². The van der Waals surface area contributed by atoms with Crippen LogP contribution in [-0.4, -0.2) is 11.1 Å². The van der Waals surface area contributed by atoms with Crippen LogP contribution in [0.15, 0.2) is 12.2 Å². The Hall–Kier alpha value is -0.790. The molecule has 0 aliphatic carbocycles. The van der Waals surface area contributed by atoms with Crippen LogP contribution in [0.4, 0.5) is 0 Å². The minimum absolute atomic E-state index is 0.301. The zero-order valence-electron chi connectivity index (χ0n) is 9.38. The first-order valence-electron chi connectivity index (χ1n) is 5.44. The standard InChI is InChI=1S/C12H22O2/c1-4-10(2)6-5-7-11(3)8-9-12(13)14/h11H,2,4-9H2,1,3H3,(H,13,14). The van der Waals surface area contributed by atoms with Crippen LogP contribution in [0.25, 0.3) is 0 Å². The molecule has 2 nitrogen and oxygen atoms in total. The van der Waals surface area contributed by atoms with Crippen molar-refractivity contribution in [3.05, 3.63) is 12.2 Å². The number of hydrogen-bond donors (Lipinski definition) is 1. The number of rotatable bonds is 8. The number of carbonyl (C=O) groups is 1. The highest BCUT2D eigenvalue weighted by Gasteiger charge is 2.05. The first-order valence-corrected chi connectivity index (χ1v) is 5.44. The quantitative estimate of drug-likeness (QED) is 0.605. The lowest BCUT2D eigenvalue weighted by Crippen LogP contribution is -2.01. The largest absolute Gasteiger partial charge is 0.481 e. The number of allylic oxidation sites excluding steroid dienone is 1. The summed E-state index contributed by atoms with van der Waals surface area (Å²) in [6.07, 6.45) is 5.51. The van der Waals surface area contributed by atoms with Gasteiger partial charge < -0.3 is 5.11 Å². The number of carboxylic acids is 1. The van der Waals surface area contributed by atoms with Gasteiger partial charge in [-0.1, -0.05) is 32.4 Å². The van der Waals surface area contributed by atoms with Crippen LogP contribution >= 0.6 is 0 Å². The summed E-state index contributed by atoms with van der Waals surface area (Å²) in [6, 6.07) is 0. The fourth-order valence-corrected chi connectivity index (χ4v) is 1.39. The van der Waals surface area contributed by atoms with E-state index in [-0.39, 0.29) is 0 Å². The summed E-state index contributed by atoms with van der Waals surface area (Å²) in [5.41, 5.74) is 1.30. The monoisotopic (exact) mass is 198 g/mol. The highest BCUT2D eigenvalue weighted by molar-refractivity contribution is 5.66. The fourth-order valence-electron chi connectivity index (χ4n) is 1.39. The van der Waals surface area contributed by atoms with Crippen LogP contribution in [-0.2, 0) is 4.79 Å². The maximum Gasteiger partial charge on any atom is 0.303 e. The van der Waals surface area contributed by atoms with Gasteiger partial charge >= 0.3 is 5.97 Å². The SMILES string of the molecule is C=C(CC)CCCC(C)CCC(=O)O. The second-order valence-corrected chi connectivity index (χ2v) is 4.03. The molecule has 0 bridgehead atoms. The van der Waals surface area contributed by atoms with Gasteiger partial charge in [0.2, 0.25) is 0 Å². The highest BCUT2D eigenvalue weighted by Crippen LogP contribution is 2.16. The fraction of sp³-hybridized carbons (Fsp3) is 0.750. The molecule has 0 saturated heterocycles. The average Bonchev–Trinajstić information content (AvgIpc) is 2.14. The van der Waals surface area contributed by atoms with Crippen molar-refractivity contribution in [2.75, 3.05) is 0 Å². The first-order chi connectivity index (χ1) is 6.56. The lowest BCUT2D eigenvalue weighted by Gasteiger charge is -2.09. The van der Waals surface area contributed by atoms with Gasteiger partial charge in [0, 0.05) is 6.42 Å². The van der Waals surface area contributed by atoms with Crippen molar-refractivity contribution in [2.45, 2.75) is 52.4 Å². The molecule has 1 unspecified atom stereocenters. The van der Waals surface area contributed by atoms with E-state index in [2.05, 4.69) is 20.4 Å². The Bertz CT molecular complexity index is 185. The summed E-state index contributed by atoms with van der Waals surface area (Å²) < 4.78 is 0. The summed E-state index contributed by atoms with van der Waals surface area (Å²) in [5, 5.41) is 8.50. The van der Waals surface area contributed by atoms with Gasteiger partial charge in [-0.15, -0.1) is 0 Å². The van der Waals surface area contributed by atoms with Crippen molar-refractivity contribution in [3.8, 4) is 0 Å². The van der Waals surface area contributed by atoms with Crippen LogP contribution in [0.2, 0.25) is 0 Å². The van der Waals surface area contributed by atoms with Gasteiger partial charge in [-0.3, -0.25) is 4.79 Å². The molecule has 82 valence electrons. The van der Waals surface area contributed by atoms with Gasteiger partial charge in [0.05, 0.1) is 0 Å². The molecule has 0 aliphatic heterocycles. The predicted octanol–water partition coefficient (Wildman–Crippen LogP) is 3.62. The van der Waals surface area contributed by atoms with Gasteiger partial charge in [0.1, 0.15) is 0 Å². The van der Waals surface area contributed by atoms with Crippen molar-refractivity contribution >= 4 is 5.97 Å². The number of aliphatic carboxylic acids is 1. The van der Waals surface area contributed by atoms with E-state index in [0.717, 1.165) is 32.1 Å². The van der Waals surface area contributed by atoms with E-state index in [1.807, 2.05) is 0 Å². The molecule has 0 aliphatic rings. The van der Waals surface area contributed by atoms with Gasteiger partial charge in [0.15, 0.2) is 0 Å². The molecular formula is C12H22O2. The van der Waals surface area contributed by atoms with E-state index < -0.39 is 5.97 Å². The molecule has 0 spiro atoms. The first kappa shape index (κ1) is 13.2. The molecule has 0 aromatic heterocycles. The summed E-state index contributed by atoms with van der Waals surface area (Å²) in [4.78, 5) is 10.3. The van der Waals surface area contributed by atoms with Crippen molar-refractivity contribution in [1.82, 2.24) is 0 Å². The molecule has 1 atom stereocenters. The van der Waals surface area contributed by atoms with Crippen molar-refractivity contribution < 1.29 is 9.90 Å². The Morgan fingerprint density at radius 3 is 2.50 bits per heavy atom. The van der Waals surface area contributed by atoms with Gasteiger partial charge in [-0.2, -0.15) is 0 Å². The van der Waals surface area contributed by atoms with E-state index in [1.54, 1.807) is 0 Å². The molecule has 2 heteroatoms. The summed E-state index contributed by atoms with van der Waals surface area (Å²) in [5.74, 6) is -0.162. The lowest BCUT2D eigenvalue weighted by atomic mass is 9.97. The van der Waals surface area contributed by atoms with E-state index in [4.69, 9.17) is 5.11 Å². The lowest BCUT2D eigenvalue weighted by molar-refractivity contribution is -0.137. The Morgan fingerprint density at radius 2 is 2.00 bits per heavy atom. The maximum absolute atomic E-state index is 10.3. The topological polar surface area (TPSA) is 37.3 Å². The Morgan fingerprint density at radius 1 is 1.36 bits per heavy atom. The molecule has 0 aromatic rings. The normalized spacial score (nSPS) is 12.4. The van der Waals surface area contributed by atoms with Crippen LogP contribution in [0.3, 0.4) is 0 Å². The van der Waals surface area contributed by atoms with Gasteiger partial charge in [0.25, 0.3) is 0 Å². The molecule has 0 fully saturated rings. The average molecular weight is 198 g/mol. The molecule has 0 saturated carbocycles. The second kappa shape index (κ2) is 7.60. The van der Waals surface area contributed by atoms with Crippen LogP contribution in [0.1, 0.15) is 52.4 Å². The predicted molar refractivity (Wildman–Crippen MR) is 59.3 cm³/mol. The molecule has 0 rings (SSSR count). The van der Waals surface area contributed by atoms with Crippen LogP contribution in [0, 0.1) is 5.92 Å². The minimum Gasteiger partial charge on any atom is -0.481 e. The molecule has 0 aromatic carbocycles. The van der Waals surface area contributed by atoms with Crippen LogP contribution in [0.5, 0.6) is 0 Å². The third kappa shape index (κ3) is 7.84. The molecule has 0 amide bonds. The molecule has 1 N–H and O–H groups in total. The Balaban J connectivity index is 3.39. The van der Waals surface area contributed by atoms with E-state index in [0.29, 0.717) is 12.3 Å². The number of carboxylic acid groups (broad SMARTS) is 1. The third-order valence-electron chi connectivity index (χ3n) is 2.58. The zero-order valence-corrected chi connectivity index (χ0v) is 9.38. The van der Waals surface area contributed by atoms with E-state index in [9.17, 15) is 4.79 Å². The number of hydrogen-bond acceptors (Lipinski definition) is 1. The highest BCUT2D eigenvalue weighted by atomic mass is 16.4. The summed E-state index contributed by atoms with van der Waals surface area (Å²) >= 11 is 0. The molecule has 0 heterocycles. The van der Waals surface area contributed by atoms with Crippen LogP contribution < -0.4 is 0 Å². The zero-order chi connectivity index (χ0) is 11.0. The Kier molecular flexibility index (Phi) is 7.17. The van der Waals surface area contributed by atoms with Crippen molar-refractivity contribution in [3.63, 3.8) is 0 Å². The molecular weight excluding hydrogens is 176 g/mol. The molecule has 14 heavy (non-hydrogen) atoms. The van der Waals surface area contributed by atoms with Gasteiger partial charge in [-0.05, 0) is 31.6 Å².